The summed E-state index contributed by atoms with van der Waals surface area (Å²) >= 11 is 5.93. The predicted molar refractivity (Wildman–Crippen MR) is 94.2 cm³/mol. The maximum Gasteiger partial charge on any atom is 0.273 e. The highest BCUT2D eigenvalue weighted by molar-refractivity contribution is 7.92. The van der Waals surface area contributed by atoms with E-state index in [0.29, 0.717) is 21.8 Å². The number of halogens is 1. The lowest BCUT2D eigenvalue weighted by molar-refractivity contribution is -0.385. The minimum atomic E-state index is -3.93. The van der Waals surface area contributed by atoms with Crippen LogP contribution in [0.2, 0.25) is 5.02 Å². The van der Waals surface area contributed by atoms with Crippen LogP contribution in [-0.2, 0) is 10.0 Å². The number of sulfonamides is 1. The second kappa shape index (κ2) is 6.78. The summed E-state index contributed by atoms with van der Waals surface area (Å²) in [6.07, 6.45) is 0. The van der Waals surface area contributed by atoms with Gasteiger partial charge in [0, 0.05) is 23.2 Å². The quantitative estimate of drug-likeness (QED) is 0.588. The van der Waals surface area contributed by atoms with E-state index in [0.717, 1.165) is 6.07 Å². The molecule has 0 amide bonds. The number of hydrogen-bond acceptors (Lipinski definition) is 4. The summed E-state index contributed by atoms with van der Waals surface area (Å²) < 4.78 is 27.1. The zero-order valence-corrected chi connectivity index (χ0v) is 15.1. The highest BCUT2D eigenvalue weighted by Crippen LogP contribution is 2.30. The molecule has 128 valence electrons. The number of benzene rings is 2. The van der Waals surface area contributed by atoms with Gasteiger partial charge in [0.1, 0.15) is 0 Å². The van der Waals surface area contributed by atoms with Crippen molar-refractivity contribution < 1.29 is 13.3 Å². The first-order valence-corrected chi connectivity index (χ1v) is 9.04. The molecule has 0 unspecified atom stereocenters. The molecular weight excluding hydrogens is 352 g/mol. The van der Waals surface area contributed by atoms with Crippen LogP contribution in [0.25, 0.3) is 0 Å². The van der Waals surface area contributed by atoms with Gasteiger partial charge in [-0.05, 0) is 50.6 Å². The minimum absolute atomic E-state index is 0.115. The molecule has 0 aromatic heterocycles. The number of nitro benzene ring substituents is 1. The average Bonchev–Trinajstić information content (AvgIpc) is 2.49. The monoisotopic (exact) mass is 368 g/mol. The van der Waals surface area contributed by atoms with Crippen LogP contribution in [0.3, 0.4) is 0 Å². The van der Waals surface area contributed by atoms with Gasteiger partial charge in [0.2, 0.25) is 0 Å². The lowest BCUT2D eigenvalue weighted by atomic mass is 10.2. The summed E-state index contributed by atoms with van der Waals surface area (Å²) in [7, 11) is -3.93. The van der Waals surface area contributed by atoms with Crippen LogP contribution in [0.5, 0.6) is 0 Å². The minimum Gasteiger partial charge on any atom is -0.266 e. The Morgan fingerprint density at radius 3 is 2.33 bits per heavy atom. The first-order valence-electron chi connectivity index (χ1n) is 7.22. The van der Waals surface area contributed by atoms with Crippen molar-refractivity contribution in [2.45, 2.75) is 25.7 Å². The molecule has 8 heteroatoms. The Morgan fingerprint density at radius 1 is 1.12 bits per heavy atom. The Bertz CT molecular complexity index is 897. The molecule has 0 aliphatic rings. The van der Waals surface area contributed by atoms with Gasteiger partial charge in [0.05, 0.1) is 15.5 Å². The van der Waals surface area contributed by atoms with E-state index >= 15 is 0 Å². The van der Waals surface area contributed by atoms with E-state index in [1.54, 1.807) is 39.0 Å². The highest BCUT2D eigenvalue weighted by Gasteiger charge is 2.27. The first kappa shape index (κ1) is 18.2. The summed E-state index contributed by atoms with van der Waals surface area (Å²) in [6.45, 7) is 5.22. The number of nitrogens with zero attached hydrogens (tertiary/aromatic N) is 2. The van der Waals surface area contributed by atoms with E-state index < -0.39 is 14.9 Å². The van der Waals surface area contributed by atoms with Crippen molar-refractivity contribution in [2.75, 3.05) is 10.8 Å². The van der Waals surface area contributed by atoms with Gasteiger partial charge < -0.3 is 0 Å². The van der Waals surface area contributed by atoms with Crippen molar-refractivity contribution in [1.82, 2.24) is 0 Å². The van der Waals surface area contributed by atoms with E-state index in [2.05, 4.69) is 0 Å². The molecule has 24 heavy (non-hydrogen) atoms. The van der Waals surface area contributed by atoms with Gasteiger partial charge in [-0.1, -0.05) is 17.7 Å². The smallest absolute Gasteiger partial charge is 0.266 e. The third-order valence-electron chi connectivity index (χ3n) is 3.68. The molecule has 2 rings (SSSR count). The Kier molecular flexibility index (Phi) is 5.15. The van der Waals surface area contributed by atoms with E-state index in [-0.39, 0.29) is 17.1 Å². The lowest BCUT2D eigenvalue weighted by Crippen LogP contribution is -2.31. The zero-order valence-electron chi connectivity index (χ0n) is 13.5. The van der Waals surface area contributed by atoms with Crippen LogP contribution < -0.4 is 4.31 Å². The van der Waals surface area contributed by atoms with E-state index in [4.69, 9.17) is 11.6 Å². The third kappa shape index (κ3) is 3.37. The SMILES string of the molecule is CCN(c1ccc(Cl)cc1C)S(=O)(=O)c1ccc(C)c([N+](=O)[O-])c1. The van der Waals surface area contributed by atoms with Crippen molar-refractivity contribution in [3.8, 4) is 0 Å². The molecule has 0 heterocycles. The van der Waals surface area contributed by atoms with Crippen molar-refractivity contribution in [3.05, 3.63) is 62.7 Å². The van der Waals surface area contributed by atoms with Gasteiger partial charge in [-0.2, -0.15) is 0 Å². The van der Waals surface area contributed by atoms with Crippen LogP contribution in [0.15, 0.2) is 41.3 Å². The van der Waals surface area contributed by atoms with Crippen LogP contribution in [-0.4, -0.2) is 19.9 Å². The fourth-order valence-corrected chi connectivity index (χ4v) is 4.23. The second-order valence-electron chi connectivity index (χ2n) is 5.31. The lowest BCUT2D eigenvalue weighted by Gasteiger charge is -2.24. The maximum absolute atomic E-state index is 13.0. The molecule has 2 aromatic carbocycles. The molecule has 0 aliphatic carbocycles. The molecule has 0 aliphatic heterocycles. The van der Waals surface area contributed by atoms with Gasteiger partial charge in [-0.3, -0.25) is 14.4 Å². The highest BCUT2D eigenvalue weighted by atomic mass is 35.5. The van der Waals surface area contributed by atoms with E-state index in [1.807, 2.05) is 0 Å². The van der Waals surface area contributed by atoms with E-state index in [1.165, 1.54) is 16.4 Å². The number of hydrogen-bond donors (Lipinski definition) is 0. The van der Waals surface area contributed by atoms with Crippen LogP contribution >= 0.6 is 11.6 Å². The Hall–Kier alpha value is -2.12. The van der Waals surface area contributed by atoms with Gasteiger partial charge in [0.15, 0.2) is 0 Å². The van der Waals surface area contributed by atoms with Gasteiger partial charge in [-0.15, -0.1) is 0 Å². The number of aryl methyl sites for hydroxylation is 2. The largest absolute Gasteiger partial charge is 0.273 e. The molecule has 0 saturated heterocycles. The van der Waals surface area contributed by atoms with Gasteiger partial charge in [0.25, 0.3) is 15.7 Å². The first-order chi connectivity index (χ1) is 11.2. The fraction of sp³-hybridized carbons (Fsp3) is 0.250. The molecule has 0 atom stereocenters. The number of nitro groups is 1. The predicted octanol–water partition coefficient (Wildman–Crippen LogP) is 4.08. The molecule has 0 radical (unpaired) electrons. The van der Waals surface area contributed by atoms with Crippen LogP contribution in [0.4, 0.5) is 11.4 Å². The van der Waals surface area contributed by atoms with Crippen molar-refractivity contribution >= 4 is 33.0 Å². The van der Waals surface area contributed by atoms with Crippen molar-refractivity contribution in [2.24, 2.45) is 0 Å². The molecule has 6 nitrogen and oxygen atoms in total. The topological polar surface area (TPSA) is 80.5 Å². The molecule has 0 bridgehead atoms. The van der Waals surface area contributed by atoms with Gasteiger partial charge in [-0.25, -0.2) is 8.42 Å². The molecule has 2 aromatic rings. The molecule has 0 saturated carbocycles. The Morgan fingerprint density at radius 2 is 1.79 bits per heavy atom. The van der Waals surface area contributed by atoms with Crippen molar-refractivity contribution in [1.29, 1.82) is 0 Å². The summed E-state index contributed by atoms with van der Waals surface area (Å²) in [5.74, 6) is 0. The average molecular weight is 369 g/mol. The number of rotatable bonds is 5. The Balaban J connectivity index is 2.59. The third-order valence-corrected chi connectivity index (χ3v) is 5.80. The molecule has 0 N–H and O–H groups in total. The van der Waals surface area contributed by atoms with E-state index in [9.17, 15) is 18.5 Å². The second-order valence-corrected chi connectivity index (χ2v) is 7.60. The van der Waals surface area contributed by atoms with Crippen LogP contribution in [0.1, 0.15) is 18.1 Å². The standard InChI is InChI=1S/C16H17ClN2O4S/c1-4-18(15-8-6-13(17)9-12(15)3)24(22,23)14-7-5-11(2)16(10-14)19(20)21/h5-10H,4H2,1-3H3. The summed E-state index contributed by atoms with van der Waals surface area (Å²) in [5, 5.41) is 11.6. The molecular formula is C16H17ClN2O4S. The zero-order chi connectivity index (χ0) is 18.1. The number of anilines is 1. The summed E-state index contributed by atoms with van der Waals surface area (Å²) in [5.41, 5.74) is 1.38. The van der Waals surface area contributed by atoms with Crippen molar-refractivity contribution in [3.63, 3.8) is 0 Å². The van der Waals surface area contributed by atoms with Crippen LogP contribution in [0, 0.1) is 24.0 Å². The maximum atomic E-state index is 13.0. The fourth-order valence-electron chi connectivity index (χ4n) is 2.44. The summed E-state index contributed by atoms with van der Waals surface area (Å²) in [4.78, 5) is 10.4. The van der Waals surface area contributed by atoms with Gasteiger partial charge >= 0.3 is 0 Å². The molecule has 0 spiro atoms. The molecule has 0 fully saturated rings. The summed E-state index contributed by atoms with van der Waals surface area (Å²) in [6, 6.07) is 8.82. The normalized spacial score (nSPS) is 11.3. The Labute approximate surface area is 145 Å².